The third kappa shape index (κ3) is 8.16. The van der Waals surface area contributed by atoms with Gasteiger partial charge < -0.3 is 46.9 Å². The lowest BCUT2D eigenvalue weighted by atomic mass is 10.0. The number of ether oxygens (including phenoxy) is 1. The zero-order valence-corrected chi connectivity index (χ0v) is 27.4. The highest BCUT2D eigenvalue weighted by Gasteiger charge is 2.32. The van der Waals surface area contributed by atoms with Crippen LogP contribution in [0.1, 0.15) is 29.7 Å². The van der Waals surface area contributed by atoms with Gasteiger partial charge >= 0.3 is 0 Å². The zero-order valence-electron chi connectivity index (χ0n) is 27.4. The summed E-state index contributed by atoms with van der Waals surface area (Å²) in [6, 6.07) is -1.17. The van der Waals surface area contributed by atoms with Crippen LogP contribution in [0.4, 0.5) is 10.1 Å². The van der Waals surface area contributed by atoms with Crippen molar-refractivity contribution in [2.45, 2.75) is 31.5 Å². The van der Waals surface area contributed by atoms with Gasteiger partial charge in [-0.3, -0.25) is 19.2 Å². The zero-order chi connectivity index (χ0) is 35.2. The van der Waals surface area contributed by atoms with Crippen LogP contribution >= 0.6 is 0 Å². The molecule has 13 nitrogen and oxygen atoms in total. The van der Waals surface area contributed by atoms with Crippen LogP contribution in [0, 0.1) is 5.82 Å². The number of nitrogens with one attached hydrogen (secondary N) is 2. The second-order valence-corrected chi connectivity index (χ2v) is 12.2. The maximum Gasteiger partial charge on any atom is 0.257 e. The van der Waals surface area contributed by atoms with Crippen LogP contribution in [0.25, 0.3) is 10.9 Å². The number of primary amides is 1. The molecule has 1 aromatic carbocycles. The average molecular weight is 673 g/mol. The Labute approximate surface area is 282 Å². The number of carbonyl (C=O) groups excluding carboxylic acids is 3. The third-order valence-corrected chi connectivity index (χ3v) is 8.41. The van der Waals surface area contributed by atoms with E-state index in [4.69, 9.17) is 21.9 Å². The van der Waals surface area contributed by atoms with E-state index < -0.39 is 47.5 Å². The summed E-state index contributed by atoms with van der Waals surface area (Å²) in [6.45, 7) is 4.65. The molecule has 8 N–H and O–H groups in total. The molecule has 3 aliphatic rings. The lowest BCUT2D eigenvalue weighted by Gasteiger charge is -2.37. The number of likely N-dealkylation sites (N-methyl/N-ethyl adjacent to an activating group) is 1. The smallest absolute Gasteiger partial charge is 0.257 e. The number of pyridine rings is 1. The van der Waals surface area contributed by atoms with Crippen LogP contribution in [0.5, 0.6) is 5.75 Å². The molecule has 3 heterocycles. The molecule has 49 heavy (non-hydrogen) atoms. The highest BCUT2D eigenvalue weighted by atomic mass is 19.1. The second kappa shape index (κ2) is 15.2. The molecule has 2 aromatic rings. The number of hydrogen-bond acceptors (Lipinski definition) is 9. The fraction of sp³-hybridized carbons (Fsp3) is 0.314. The number of carbonyl (C=O) groups is 3. The molecule has 2 aliphatic heterocycles. The molecule has 0 bridgehead atoms. The molecule has 0 saturated carbocycles. The predicted octanol–water partition coefficient (Wildman–Crippen LogP) is 1.23. The van der Waals surface area contributed by atoms with Crippen molar-refractivity contribution in [2.75, 3.05) is 44.7 Å². The highest BCUT2D eigenvalue weighted by molar-refractivity contribution is 6.02. The summed E-state index contributed by atoms with van der Waals surface area (Å²) in [5.41, 5.74) is 17.8. The van der Waals surface area contributed by atoms with E-state index >= 15 is 4.39 Å². The molecule has 258 valence electrons. The quantitative estimate of drug-likeness (QED) is 0.288. The molecule has 1 aliphatic carbocycles. The molecule has 0 radical (unpaired) electrons. The Morgan fingerprint density at radius 3 is 2.47 bits per heavy atom. The van der Waals surface area contributed by atoms with Crippen molar-refractivity contribution in [2.24, 2.45) is 17.2 Å². The number of nitrogens with zero attached hydrogens (tertiary/aromatic N) is 3. The number of benzene rings is 1. The van der Waals surface area contributed by atoms with Crippen molar-refractivity contribution in [3.63, 3.8) is 0 Å². The maximum absolute atomic E-state index is 15.8. The topological polar surface area (TPSA) is 191 Å². The van der Waals surface area contributed by atoms with Crippen molar-refractivity contribution in [3.8, 4) is 5.75 Å². The van der Waals surface area contributed by atoms with Gasteiger partial charge in [-0.2, -0.15) is 0 Å². The number of nitrogens with two attached hydrogens (primary N) is 3. The Kier molecular flexibility index (Phi) is 10.8. The number of anilines is 1. The first kappa shape index (κ1) is 34.9. The highest BCUT2D eigenvalue weighted by Crippen LogP contribution is 2.42. The number of amides is 3. The molecule has 1 fully saturated rings. The van der Waals surface area contributed by atoms with E-state index in [-0.39, 0.29) is 35.0 Å². The van der Waals surface area contributed by atoms with Crippen molar-refractivity contribution in [1.29, 1.82) is 0 Å². The summed E-state index contributed by atoms with van der Waals surface area (Å²) in [4.78, 5) is 57.0. The molecular formula is C35H41FN8O5. The van der Waals surface area contributed by atoms with Crippen molar-refractivity contribution < 1.29 is 23.5 Å². The lowest BCUT2D eigenvalue weighted by Crippen LogP contribution is -2.49. The molecule has 14 heteroatoms. The Morgan fingerprint density at radius 2 is 1.76 bits per heavy atom. The van der Waals surface area contributed by atoms with E-state index in [0.717, 1.165) is 19.2 Å². The maximum atomic E-state index is 15.8. The summed E-state index contributed by atoms with van der Waals surface area (Å²) in [5.74, 6) is -2.94. The van der Waals surface area contributed by atoms with Gasteiger partial charge in [-0.25, -0.2) is 4.39 Å². The summed E-state index contributed by atoms with van der Waals surface area (Å²) in [6.07, 6.45) is 17.5. The molecule has 0 spiro atoms. The van der Waals surface area contributed by atoms with Gasteiger partial charge in [-0.1, -0.05) is 36.5 Å². The number of halogens is 1. The number of hydrogen-bond donors (Lipinski definition) is 5. The minimum atomic E-state index is -1.45. The van der Waals surface area contributed by atoms with E-state index in [9.17, 15) is 19.2 Å². The lowest BCUT2D eigenvalue weighted by molar-refractivity contribution is -0.126. The van der Waals surface area contributed by atoms with Gasteiger partial charge in [0.25, 0.3) is 5.91 Å². The fourth-order valence-corrected chi connectivity index (χ4v) is 5.72. The van der Waals surface area contributed by atoms with Gasteiger partial charge in [-0.15, -0.1) is 0 Å². The minimum absolute atomic E-state index is 0.0389. The summed E-state index contributed by atoms with van der Waals surface area (Å²) >= 11 is 0. The molecule has 3 atom stereocenters. The minimum Gasteiger partial charge on any atom is -0.487 e. The van der Waals surface area contributed by atoms with Crippen LogP contribution in [0.3, 0.4) is 0 Å². The predicted molar refractivity (Wildman–Crippen MR) is 186 cm³/mol. The molecule has 1 aromatic heterocycles. The summed E-state index contributed by atoms with van der Waals surface area (Å²) < 4.78 is 23.5. The van der Waals surface area contributed by atoms with Crippen LogP contribution in [-0.2, 0) is 9.59 Å². The van der Waals surface area contributed by atoms with E-state index in [0.29, 0.717) is 30.0 Å². The van der Waals surface area contributed by atoms with Crippen LogP contribution < -0.4 is 42.9 Å². The molecular weight excluding hydrogens is 631 g/mol. The summed E-state index contributed by atoms with van der Waals surface area (Å²) in [5, 5.41) is 5.13. The number of allylic oxidation sites excluding steroid dienone is 8. The Morgan fingerprint density at radius 1 is 1.06 bits per heavy atom. The van der Waals surface area contributed by atoms with Crippen molar-refractivity contribution >= 4 is 34.3 Å². The number of aromatic nitrogens is 1. The SMILES string of the molecule is CC1COc2c(N3CCN(C)CC3)c(F)cc3c(=O)c(C(=O)N[C@@H](CC(N)=O)C(=O)NC4=C/C=C\C=C/C=C(/N)C=CC(N)/C=C\4)cn1c23. The average Bonchev–Trinajstić information content (AvgIpc) is 3.07. The van der Waals surface area contributed by atoms with E-state index in [2.05, 4.69) is 15.5 Å². The van der Waals surface area contributed by atoms with Gasteiger partial charge in [0, 0.05) is 49.8 Å². The van der Waals surface area contributed by atoms with Crippen LogP contribution in [0.2, 0.25) is 0 Å². The van der Waals surface area contributed by atoms with Crippen molar-refractivity contribution in [3.05, 3.63) is 106 Å². The third-order valence-electron chi connectivity index (χ3n) is 8.41. The van der Waals surface area contributed by atoms with E-state index in [1.54, 1.807) is 65.3 Å². The normalized spacial score (nSPS) is 24.4. The largest absolute Gasteiger partial charge is 0.487 e. The standard InChI is InChI=1S/C35H41FN8O5/c1-21-20-49-33-30-25(17-27(36)31(33)43-15-13-42(2)14-16-43)32(46)26(19-44(21)30)34(47)41-28(18-29(39)45)35(48)40-24-8-6-4-3-5-7-22(37)9-10-23(38)11-12-24/h3-12,17,19,21,23,28H,13-16,18,20,37-38H2,1-2H3,(H2,39,45)(H,40,48)(H,41,47)/b5-3-,6-4-,10-9?,12-11-,22-7+,24-8+/t21?,23?,28-/m0/s1. The summed E-state index contributed by atoms with van der Waals surface area (Å²) in [7, 11) is 1.99. The van der Waals surface area contributed by atoms with Crippen LogP contribution in [-0.4, -0.2) is 79.1 Å². The first-order valence-electron chi connectivity index (χ1n) is 15.9. The molecule has 2 unspecified atom stereocenters. The number of rotatable bonds is 7. The second-order valence-electron chi connectivity index (χ2n) is 12.2. The Hall–Kier alpha value is -5.47. The van der Waals surface area contributed by atoms with Crippen molar-refractivity contribution in [1.82, 2.24) is 20.1 Å². The monoisotopic (exact) mass is 672 g/mol. The first-order chi connectivity index (χ1) is 23.4. The Bertz CT molecular complexity index is 1880. The van der Waals surface area contributed by atoms with Gasteiger partial charge in [-0.05, 0) is 44.3 Å². The van der Waals surface area contributed by atoms with Gasteiger partial charge in [0.15, 0.2) is 11.6 Å². The fourth-order valence-electron chi connectivity index (χ4n) is 5.72. The van der Waals surface area contributed by atoms with Gasteiger partial charge in [0.2, 0.25) is 17.2 Å². The van der Waals surface area contributed by atoms with Gasteiger partial charge in [0.05, 0.1) is 23.4 Å². The molecule has 1 saturated heterocycles. The van der Waals surface area contributed by atoms with Crippen LogP contribution in [0.15, 0.2) is 89.2 Å². The first-order valence-corrected chi connectivity index (χ1v) is 15.9. The molecule has 5 rings (SSSR count). The van der Waals surface area contributed by atoms with E-state index in [1.165, 1.54) is 6.20 Å². The number of piperazine rings is 1. The van der Waals surface area contributed by atoms with E-state index in [1.807, 2.05) is 18.9 Å². The molecule has 3 amide bonds. The Balaban J connectivity index is 1.45. The van der Waals surface area contributed by atoms with Gasteiger partial charge in [0.1, 0.15) is 23.9 Å².